The third-order valence-electron chi connectivity index (χ3n) is 6.92. The number of rotatable bonds is 6. The number of carbonyl (C=O) groups excluding carboxylic acids is 2. The highest BCUT2D eigenvalue weighted by Crippen LogP contribution is 2.45. The summed E-state index contributed by atoms with van der Waals surface area (Å²) in [5.74, 6) is 1.33. The van der Waals surface area contributed by atoms with Crippen LogP contribution in [0.3, 0.4) is 0 Å². The van der Waals surface area contributed by atoms with Crippen LogP contribution in [0.2, 0.25) is 0 Å². The highest BCUT2D eigenvalue weighted by Gasteiger charge is 2.58. The van der Waals surface area contributed by atoms with Gasteiger partial charge >= 0.3 is 0 Å². The van der Waals surface area contributed by atoms with Gasteiger partial charge in [-0.15, -0.1) is 0 Å². The molecule has 7 nitrogen and oxygen atoms in total. The number of hydrogen-bond acceptors (Lipinski definition) is 5. The summed E-state index contributed by atoms with van der Waals surface area (Å²) in [5, 5.41) is 4.00. The van der Waals surface area contributed by atoms with Crippen molar-refractivity contribution in [1.82, 2.24) is 19.9 Å². The standard InChI is InChI=1S/C26H28N4O3/c1-19-27-25(33-28-19)26-17-29(23(31)14-8-11-20-9-4-2-5-10-20)15-22(26)16-30(18-26)24(32)21-12-6-3-7-13-21/h2-7,9-10,12-13,22H,8,11,14-18H2,1H3. The molecule has 0 saturated carbocycles. The molecule has 2 saturated heterocycles. The van der Waals surface area contributed by atoms with Gasteiger partial charge in [0.25, 0.3) is 5.91 Å². The number of hydrogen-bond donors (Lipinski definition) is 0. The van der Waals surface area contributed by atoms with E-state index in [0.717, 1.165) is 12.8 Å². The van der Waals surface area contributed by atoms with Gasteiger partial charge in [-0.2, -0.15) is 4.98 Å². The number of carbonyl (C=O) groups is 2. The maximum atomic E-state index is 13.1. The van der Waals surface area contributed by atoms with Crippen molar-refractivity contribution in [2.45, 2.75) is 31.6 Å². The van der Waals surface area contributed by atoms with Crippen LogP contribution in [0.15, 0.2) is 65.2 Å². The van der Waals surface area contributed by atoms with E-state index in [1.54, 1.807) is 6.92 Å². The predicted molar refractivity (Wildman–Crippen MR) is 123 cm³/mol. The Morgan fingerprint density at radius 2 is 1.67 bits per heavy atom. The first-order valence-corrected chi connectivity index (χ1v) is 11.5. The van der Waals surface area contributed by atoms with Gasteiger partial charge in [-0.25, -0.2) is 0 Å². The second-order valence-corrected chi connectivity index (χ2v) is 9.16. The number of aromatic nitrogens is 2. The number of nitrogens with zero attached hydrogens (tertiary/aromatic N) is 4. The van der Waals surface area contributed by atoms with Gasteiger partial charge in [0, 0.05) is 44.1 Å². The van der Waals surface area contributed by atoms with Crippen LogP contribution in [0.25, 0.3) is 0 Å². The van der Waals surface area contributed by atoms with Crippen molar-refractivity contribution in [1.29, 1.82) is 0 Å². The molecule has 2 amide bonds. The molecule has 5 rings (SSSR count). The normalized spacial score (nSPS) is 21.9. The Morgan fingerprint density at radius 1 is 1.00 bits per heavy atom. The summed E-state index contributed by atoms with van der Waals surface area (Å²) in [6.07, 6.45) is 2.21. The van der Waals surface area contributed by atoms with E-state index in [-0.39, 0.29) is 17.7 Å². The molecule has 2 fully saturated rings. The fourth-order valence-corrected chi connectivity index (χ4v) is 5.22. The molecule has 2 aliphatic heterocycles. The van der Waals surface area contributed by atoms with Gasteiger partial charge in [-0.05, 0) is 37.5 Å². The monoisotopic (exact) mass is 444 g/mol. The highest BCUT2D eigenvalue weighted by molar-refractivity contribution is 5.94. The first kappa shape index (κ1) is 21.4. The van der Waals surface area contributed by atoms with E-state index >= 15 is 0 Å². The van der Waals surface area contributed by atoms with Gasteiger partial charge in [-0.3, -0.25) is 9.59 Å². The summed E-state index contributed by atoms with van der Waals surface area (Å²) in [4.78, 5) is 34.5. The van der Waals surface area contributed by atoms with Crippen LogP contribution in [0.4, 0.5) is 0 Å². The van der Waals surface area contributed by atoms with E-state index < -0.39 is 5.41 Å². The lowest BCUT2D eigenvalue weighted by Crippen LogP contribution is -2.41. The zero-order valence-corrected chi connectivity index (χ0v) is 18.8. The van der Waals surface area contributed by atoms with Gasteiger partial charge < -0.3 is 14.3 Å². The molecule has 3 aromatic rings. The highest BCUT2D eigenvalue weighted by atomic mass is 16.5. The van der Waals surface area contributed by atoms with E-state index in [1.165, 1.54) is 5.56 Å². The summed E-state index contributed by atoms with van der Waals surface area (Å²) < 4.78 is 5.62. The molecule has 2 aliphatic rings. The zero-order chi connectivity index (χ0) is 22.8. The van der Waals surface area contributed by atoms with Crippen LogP contribution in [0, 0.1) is 12.8 Å². The van der Waals surface area contributed by atoms with Crippen molar-refractivity contribution in [3.8, 4) is 0 Å². The third-order valence-corrected chi connectivity index (χ3v) is 6.92. The van der Waals surface area contributed by atoms with Gasteiger partial charge in [0.2, 0.25) is 11.8 Å². The molecule has 0 spiro atoms. The maximum Gasteiger partial charge on any atom is 0.253 e. The van der Waals surface area contributed by atoms with E-state index in [0.29, 0.717) is 49.9 Å². The number of likely N-dealkylation sites (tertiary alicyclic amines) is 2. The molecule has 0 aliphatic carbocycles. The second-order valence-electron chi connectivity index (χ2n) is 9.16. The number of fused-ring (bicyclic) bond motifs is 1. The van der Waals surface area contributed by atoms with Crippen LogP contribution in [-0.2, 0) is 16.6 Å². The van der Waals surface area contributed by atoms with Crippen molar-refractivity contribution in [2.75, 3.05) is 26.2 Å². The predicted octanol–water partition coefficient (Wildman–Crippen LogP) is 3.25. The fraction of sp³-hybridized carbons (Fsp3) is 0.385. The Bertz CT molecular complexity index is 1130. The minimum atomic E-state index is -0.513. The van der Waals surface area contributed by atoms with E-state index in [2.05, 4.69) is 22.3 Å². The minimum Gasteiger partial charge on any atom is -0.341 e. The molecule has 33 heavy (non-hydrogen) atoms. The molecule has 2 unspecified atom stereocenters. The van der Waals surface area contributed by atoms with Gasteiger partial charge in [0.15, 0.2) is 5.82 Å². The summed E-state index contributed by atoms with van der Waals surface area (Å²) in [6, 6.07) is 19.6. The lowest BCUT2D eigenvalue weighted by atomic mass is 9.81. The molecule has 170 valence electrons. The molecule has 2 atom stereocenters. The van der Waals surface area contributed by atoms with E-state index in [1.807, 2.05) is 58.3 Å². The zero-order valence-electron chi connectivity index (χ0n) is 18.8. The van der Waals surface area contributed by atoms with E-state index in [4.69, 9.17) is 4.52 Å². The van der Waals surface area contributed by atoms with Gasteiger partial charge in [-0.1, -0.05) is 53.7 Å². The molecular weight excluding hydrogens is 416 g/mol. The Labute approximate surface area is 193 Å². The SMILES string of the molecule is Cc1noc(C23CN(C(=O)CCCc4ccccc4)CC2CN(C(=O)c2ccccc2)C3)n1. The van der Waals surface area contributed by atoms with Gasteiger partial charge in [0.1, 0.15) is 0 Å². The average Bonchev–Trinajstić information content (AvgIpc) is 3.52. The van der Waals surface area contributed by atoms with E-state index in [9.17, 15) is 9.59 Å². The molecule has 3 heterocycles. The van der Waals surface area contributed by atoms with Gasteiger partial charge in [0.05, 0.1) is 5.41 Å². The topological polar surface area (TPSA) is 79.5 Å². The number of aryl methyl sites for hydroxylation is 2. The van der Waals surface area contributed by atoms with Crippen molar-refractivity contribution < 1.29 is 14.1 Å². The summed E-state index contributed by atoms with van der Waals surface area (Å²) in [6.45, 7) is 3.94. The van der Waals surface area contributed by atoms with Crippen molar-refractivity contribution >= 4 is 11.8 Å². The molecule has 0 bridgehead atoms. The molecule has 7 heteroatoms. The lowest BCUT2D eigenvalue weighted by molar-refractivity contribution is -0.130. The lowest BCUT2D eigenvalue weighted by Gasteiger charge is -2.26. The van der Waals surface area contributed by atoms with Crippen LogP contribution >= 0.6 is 0 Å². The van der Waals surface area contributed by atoms with Crippen LogP contribution in [0.1, 0.15) is 40.5 Å². The Morgan fingerprint density at radius 3 is 2.36 bits per heavy atom. The molecule has 2 aromatic carbocycles. The Hall–Kier alpha value is -3.48. The summed E-state index contributed by atoms with van der Waals surface area (Å²) >= 11 is 0. The molecule has 0 radical (unpaired) electrons. The smallest absolute Gasteiger partial charge is 0.253 e. The molecule has 1 aromatic heterocycles. The Balaban J connectivity index is 1.30. The Kier molecular flexibility index (Phi) is 5.70. The molecule has 0 N–H and O–H groups in total. The summed E-state index contributed by atoms with van der Waals surface area (Å²) in [5.41, 5.74) is 1.40. The first-order chi connectivity index (χ1) is 16.0. The summed E-state index contributed by atoms with van der Waals surface area (Å²) in [7, 11) is 0. The largest absolute Gasteiger partial charge is 0.341 e. The van der Waals surface area contributed by atoms with Crippen molar-refractivity contribution in [3.63, 3.8) is 0 Å². The molecular formula is C26H28N4O3. The minimum absolute atomic E-state index is 0.00125. The van der Waals surface area contributed by atoms with Crippen LogP contribution in [-0.4, -0.2) is 57.9 Å². The number of benzene rings is 2. The number of amides is 2. The fourth-order valence-electron chi connectivity index (χ4n) is 5.22. The quantitative estimate of drug-likeness (QED) is 0.583. The first-order valence-electron chi connectivity index (χ1n) is 11.5. The maximum absolute atomic E-state index is 13.1. The van der Waals surface area contributed by atoms with Crippen molar-refractivity contribution in [3.05, 3.63) is 83.5 Å². The van der Waals surface area contributed by atoms with Crippen molar-refractivity contribution in [2.24, 2.45) is 5.92 Å². The second kappa shape index (κ2) is 8.81. The van der Waals surface area contributed by atoms with Crippen LogP contribution in [0.5, 0.6) is 0 Å². The average molecular weight is 445 g/mol. The van der Waals surface area contributed by atoms with Crippen LogP contribution < -0.4 is 0 Å². The third kappa shape index (κ3) is 4.15.